The number of nitrogens with zero attached hydrogens (tertiary/aromatic N) is 1. The Kier molecular flexibility index (Phi) is 7.57. The second-order valence-electron chi connectivity index (χ2n) is 6.98. The maximum Gasteiger partial charge on any atom is 0.339 e. The van der Waals surface area contributed by atoms with Crippen LogP contribution in [-0.2, 0) is 21.3 Å². The fourth-order valence-corrected chi connectivity index (χ4v) is 3.82. The largest absolute Gasteiger partial charge is 0.497 e. The minimum Gasteiger partial charge on any atom is -0.497 e. The van der Waals surface area contributed by atoms with Crippen molar-refractivity contribution < 1.29 is 26.9 Å². The van der Waals surface area contributed by atoms with Gasteiger partial charge in [-0.3, -0.25) is 9.59 Å². The molecule has 33 heavy (non-hydrogen) atoms. The summed E-state index contributed by atoms with van der Waals surface area (Å²) in [6.45, 7) is 1.39. The Hall–Kier alpha value is -3.98. The lowest BCUT2D eigenvalue weighted by molar-refractivity contribution is -0.120. The van der Waals surface area contributed by atoms with E-state index in [1.54, 1.807) is 49.6 Å². The topological polar surface area (TPSA) is 111 Å². The molecule has 0 unspecified atom stereocenters. The van der Waals surface area contributed by atoms with Crippen molar-refractivity contribution in [2.24, 2.45) is 5.10 Å². The summed E-state index contributed by atoms with van der Waals surface area (Å²) in [5.41, 5.74) is 3.91. The van der Waals surface area contributed by atoms with Crippen LogP contribution in [-0.4, -0.2) is 33.4 Å². The van der Waals surface area contributed by atoms with Gasteiger partial charge >= 0.3 is 10.1 Å². The van der Waals surface area contributed by atoms with E-state index in [0.717, 1.165) is 5.56 Å². The summed E-state index contributed by atoms with van der Waals surface area (Å²) < 4.78 is 35.7. The molecule has 9 heteroatoms. The Bertz CT molecular complexity index is 1280. The van der Waals surface area contributed by atoms with Gasteiger partial charge in [0.2, 0.25) is 5.91 Å². The molecule has 0 saturated heterocycles. The third-order valence-corrected chi connectivity index (χ3v) is 5.81. The molecule has 0 aliphatic rings. The summed E-state index contributed by atoms with van der Waals surface area (Å²) in [5.74, 6) is 0.164. The third kappa shape index (κ3) is 6.50. The fourth-order valence-electron chi connectivity index (χ4n) is 2.87. The molecule has 0 spiro atoms. The lowest BCUT2D eigenvalue weighted by Gasteiger charge is -2.09. The van der Waals surface area contributed by atoms with Crippen molar-refractivity contribution >= 4 is 28.0 Å². The number of hydrazone groups is 1. The number of nitrogens with one attached hydrogen (secondary N) is 1. The van der Waals surface area contributed by atoms with Gasteiger partial charge in [0.15, 0.2) is 11.5 Å². The van der Waals surface area contributed by atoms with Crippen molar-refractivity contribution in [2.45, 2.75) is 18.2 Å². The van der Waals surface area contributed by atoms with Gasteiger partial charge in [-0.25, -0.2) is 5.43 Å². The molecule has 3 rings (SSSR count). The molecule has 0 heterocycles. The zero-order valence-corrected chi connectivity index (χ0v) is 18.8. The molecular weight excluding hydrogens is 444 g/mol. The predicted octanol–water partition coefficient (Wildman–Crippen LogP) is 3.36. The standard InChI is InChI=1S/C24H22N2O6S/c1-17(27)19-10-12-22(13-11-19)33(29,30)32-23-9-4-3-7-20(23)16-25-26-24(28)15-18-6-5-8-21(14-18)31-2/h3-14,16H,15H2,1-2H3,(H,26,28)/b25-16+. The molecule has 3 aromatic rings. The highest BCUT2D eigenvalue weighted by Gasteiger charge is 2.18. The number of hydrogen-bond acceptors (Lipinski definition) is 7. The molecular formula is C24H22N2O6S. The van der Waals surface area contributed by atoms with Crippen LogP contribution < -0.4 is 14.3 Å². The van der Waals surface area contributed by atoms with Crippen LogP contribution in [0.2, 0.25) is 0 Å². The van der Waals surface area contributed by atoms with E-state index in [9.17, 15) is 18.0 Å². The highest BCUT2D eigenvalue weighted by Crippen LogP contribution is 2.22. The monoisotopic (exact) mass is 466 g/mol. The summed E-state index contributed by atoms with van der Waals surface area (Å²) in [6.07, 6.45) is 1.39. The van der Waals surface area contributed by atoms with Crippen LogP contribution in [0.5, 0.6) is 11.5 Å². The van der Waals surface area contributed by atoms with Crippen molar-refractivity contribution in [1.29, 1.82) is 0 Å². The first-order chi connectivity index (χ1) is 15.8. The summed E-state index contributed by atoms with van der Waals surface area (Å²) in [7, 11) is -2.59. The lowest BCUT2D eigenvalue weighted by Crippen LogP contribution is -2.20. The number of amides is 1. The summed E-state index contributed by atoms with van der Waals surface area (Å²) in [5, 5.41) is 3.91. The van der Waals surface area contributed by atoms with E-state index in [0.29, 0.717) is 16.9 Å². The Morgan fingerprint density at radius 3 is 2.42 bits per heavy atom. The van der Waals surface area contributed by atoms with E-state index < -0.39 is 10.1 Å². The van der Waals surface area contributed by atoms with Crippen molar-refractivity contribution in [1.82, 2.24) is 5.43 Å². The van der Waals surface area contributed by atoms with Gasteiger partial charge in [-0.1, -0.05) is 36.4 Å². The Morgan fingerprint density at radius 2 is 1.73 bits per heavy atom. The SMILES string of the molecule is COc1cccc(CC(=O)N/N=C/c2ccccc2OS(=O)(=O)c2ccc(C(C)=O)cc2)c1. The van der Waals surface area contributed by atoms with Crippen LogP contribution in [0.25, 0.3) is 0 Å². The number of ether oxygens (including phenoxy) is 1. The zero-order valence-electron chi connectivity index (χ0n) is 18.0. The first-order valence-electron chi connectivity index (χ1n) is 9.88. The number of ketones is 1. The Labute approximate surface area is 192 Å². The van der Waals surface area contributed by atoms with Crippen molar-refractivity contribution in [2.75, 3.05) is 7.11 Å². The minimum absolute atomic E-state index is 0.0407. The summed E-state index contributed by atoms with van der Waals surface area (Å²) in [6, 6.07) is 18.9. The molecule has 0 atom stereocenters. The van der Waals surface area contributed by atoms with Gasteiger partial charge in [0.1, 0.15) is 10.6 Å². The van der Waals surface area contributed by atoms with E-state index >= 15 is 0 Å². The lowest BCUT2D eigenvalue weighted by atomic mass is 10.1. The van der Waals surface area contributed by atoms with E-state index in [1.807, 2.05) is 0 Å². The quantitative estimate of drug-likeness (QED) is 0.224. The van der Waals surface area contributed by atoms with Crippen LogP contribution in [0.3, 0.4) is 0 Å². The molecule has 1 amide bonds. The molecule has 170 valence electrons. The van der Waals surface area contributed by atoms with E-state index in [-0.39, 0.29) is 28.8 Å². The first-order valence-corrected chi connectivity index (χ1v) is 11.3. The van der Waals surface area contributed by atoms with Crippen molar-refractivity contribution in [3.05, 3.63) is 89.5 Å². The second kappa shape index (κ2) is 10.6. The molecule has 8 nitrogen and oxygen atoms in total. The van der Waals surface area contributed by atoms with Crippen molar-refractivity contribution in [3.8, 4) is 11.5 Å². The molecule has 0 bridgehead atoms. The average molecular weight is 467 g/mol. The van der Waals surface area contributed by atoms with Gasteiger partial charge in [-0.15, -0.1) is 0 Å². The van der Waals surface area contributed by atoms with Gasteiger partial charge in [-0.2, -0.15) is 13.5 Å². The fraction of sp³-hybridized carbons (Fsp3) is 0.125. The number of rotatable bonds is 9. The maximum absolute atomic E-state index is 12.6. The second-order valence-corrected chi connectivity index (χ2v) is 8.52. The number of hydrogen-bond donors (Lipinski definition) is 1. The predicted molar refractivity (Wildman–Crippen MR) is 123 cm³/mol. The van der Waals surface area contributed by atoms with Gasteiger partial charge in [0.05, 0.1) is 19.7 Å². The Balaban J connectivity index is 1.68. The van der Waals surface area contributed by atoms with Gasteiger partial charge < -0.3 is 8.92 Å². The molecule has 0 aliphatic carbocycles. The molecule has 0 aliphatic heterocycles. The van der Waals surface area contributed by atoms with Crippen molar-refractivity contribution in [3.63, 3.8) is 0 Å². The number of methoxy groups -OCH3 is 1. The summed E-state index contributed by atoms with van der Waals surface area (Å²) >= 11 is 0. The molecule has 0 radical (unpaired) electrons. The van der Waals surface area contributed by atoms with E-state index in [4.69, 9.17) is 8.92 Å². The average Bonchev–Trinajstić information content (AvgIpc) is 2.80. The normalized spacial score (nSPS) is 11.2. The smallest absolute Gasteiger partial charge is 0.339 e. The number of benzene rings is 3. The number of carbonyl (C=O) groups is 2. The van der Waals surface area contributed by atoms with E-state index in [2.05, 4.69) is 10.5 Å². The molecule has 1 N–H and O–H groups in total. The Morgan fingerprint density at radius 1 is 1.00 bits per heavy atom. The number of carbonyl (C=O) groups excluding carboxylic acids is 2. The van der Waals surface area contributed by atoms with Gasteiger partial charge in [0, 0.05) is 11.1 Å². The van der Waals surface area contributed by atoms with Crippen LogP contribution in [0, 0.1) is 0 Å². The first kappa shape index (κ1) is 23.7. The van der Waals surface area contributed by atoms with Gasteiger partial charge in [0.25, 0.3) is 0 Å². The third-order valence-electron chi connectivity index (χ3n) is 4.56. The molecule has 0 saturated carbocycles. The van der Waals surface area contributed by atoms with Crippen LogP contribution in [0.4, 0.5) is 0 Å². The van der Waals surface area contributed by atoms with Crippen LogP contribution in [0.15, 0.2) is 82.8 Å². The highest BCUT2D eigenvalue weighted by atomic mass is 32.2. The number of Topliss-reactive ketones (excluding diaryl/α,β-unsaturated/α-hetero) is 1. The zero-order chi connectivity index (χ0) is 23.8. The molecule has 0 aromatic heterocycles. The van der Waals surface area contributed by atoms with Crippen LogP contribution >= 0.6 is 0 Å². The highest BCUT2D eigenvalue weighted by molar-refractivity contribution is 7.87. The molecule has 3 aromatic carbocycles. The molecule has 0 fully saturated rings. The maximum atomic E-state index is 12.6. The minimum atomic E-state index is -4.14. The number of para-hydroxylation sites is 1. The summed E-state index contributed by atoms with van der Waals surface area (Å²) in [4.78, 5) is 23.5. The van der Waals surface area contributed by atoms with Crippen LogP contribution in [0.1, 0.15) is 28.4 Å². The van der Waals surface area contributed by atoms with Gasteiger partial charge in [-0.05, 0) is 48.9 Å². The van der Waals surface area contributed by atoms with E-state index in [1.165, 1.54) is 43.5 Å².